The lowest BCUT2D eigenvalue weighted by Crippen LogP contribution is -2.42. The van der Waals surface area contributed by atoms with Crippen molar-refractivity contribution in [1.82, 2.24) is 5.32 Å². The summed E-state index contributed by atoms with van der Waals surface area (Å²) in [6.45, 7) is 0.548. The first-order valence-corrected chi connectivity index (χ1v) is 8.12. The Morgan fingerprint density at radius 2 is 1.85 bits per heavy atom. The lowest BCUT2D eigenvalue weighted by molar-refractivity contribution is -0.123. The minimum Gasteiger partial charge on any atom is -0.486 e. The fourth-order valence-corrected chi connectivity index (χ4v) is 2.40. The normalized spacial score (nSPS) is 15.0. The van der Waals surface area contributed by atoms with Gasteiger partial charge in [0.2, 0.25) is 0 Å². The predicted octanol–water partition coefficient (Wildman–Crippen LogP) is 1.81. The summed E-state index contributed by atoms with van der Waals surface area (Å²) in [5, 5.41) is 2.75. The lowest BCUT2D eigenvalue weighted by Gasteiger charge is -2.26. The number of hydrogen-bond acceptors (Lipinski definition) is 6. The van der Waals surface area contributed by atoms with Crippen LogP contribution in [0, 0.1) is 0 Å². The van der Waals surface area contributed by atoms with Crippen molar-refractivity contribution in [3.8, 4) is 17.2 Å². The molecule has 0 spiro atoms. The highest BCUT2D eigenvalue weighted by Gasteiger charge is 2.21. The number of para-hydroxylation sites is 2. The van der Waals surface area contributed by atoms with Crippen LogP contribution in [-0.4, -0.2) is 44.8 Å². The van der Waals surface area contributed by atoms with E-state index < -0.39 is 5.97 Å². The van der Waals surface area contributed by atoms with Gasteiger partial charge in [0.15, 0.2) is 18.1 Å². The number of carbonyl (C=O) groups excluding carboxylic acids is 2. The molecule has 136 valence electrons. The molecule has 26 heavy (non-hydrogen) atoms. The number of nitrogens with one attached hydrogen (secondary N) is 1. The molecular weight excluding hydrogens is 338 g/mol. The third kappa shape index (κ3) is 4.44. The molecule has 0 aromatic heterocycles. The largest absolute Gasteiger partial charge is 0.486 e. The van der Waals surface area contributed by atoms with Crippen LogP contribution < -0.4 is 19.5 Å². The van der Waals surface area contributed by atoms with Crippen LogP contribution in [0.25, 0.3) is 0 Å². The van der Waals surface area contributed by atoms with E-state index in [1.165, 1.54) is 7.11 Å². The summed E-state index contributed by atoms with van der Waals surface area (Å²) in [6.07, 6.45) is -0.256. The number of fused-ring (bicyclic) bond motifs is 1. The molecule has 0 saturated carbocycles. The Morgan fingerprint density at radius 1 is 1.12 bits per heavy atom. The number of esters is 1. The molecule has 7 nitrogen and oxygen atoms in total. The highest BCUT2D eigenvalue weighted by Crippen LogP contribution is 2.30. The summed E-state index contributed by atoms with van der Waals surface area (Å²) in [5.41, 5.74) is 0.416. The average Bonchev–Trinajstić information content (AvgIpc) is 2.70. The third-order valence-corrected chi connectivity index (χ3v) is 3.74. The minimum atomic E-state index is -0.425. The summed E-state index contributed by atoms with van der Waals surface area (Å²) >= 11 is 0. The van der Waals surface area contributed by atoms with E-state index in [0.717, 1.165) is 0 Å². The van der Waals surface area contributed by atoms with E-state index in [1.807, 2.05) is 24.3 Å². The molecule has 7 heteroatoms. The molecule has 0 aliphatic carbocycles. The van der Waals surface area contributed by atoms with Crippen LogP contribution in [0.2, 0.25) is 0 Å². The maximum absolute atomic E-state index is 11.9. The van der Waals surface area contributed by atoms with Crippen LogP contribution in [0.1, 0.15) is 10.4 Å². The van der Waals surface area contributed by atoms with Crippen molar-refractivity contribution in [3.63, 3.8) is 0 Å². The molecule has 2 aromatic rings. The molecule has 2 aromatic carbocycles. The number of carbonyl (C=O) groups is 2. The molecule has 1 N–H and O–H groups in total. The number of methoxy groups -OCH3 is 1. The molecule has 1 aliphatic rings. The van der Waals surface area contributed by atoms with Gasteiger partial charge in [-0.1, -0.05) is 12.1 Å². The summed E-state index contributed by atoms with van der Waals surface area (Å²) in [5.74, 6) is 1.16. The Bertz CT molecular complexity index is 774. The first-order valence-electron chi connectivity index (χ1n) is 8.12. The summed E-state index contributed by atoms with van der Waals surface area (Å²) in [7, 11) is 1.32. The van der Waals surface area contributed by atoms with E-state index in [1.54, 1.807) is 24.3 Å². The minimum absolute atomic E-state index is 0.137. The predicted molar refractivity (Wildman–Crippen MR) is 92.6 cm³/mol. The highest BCUT2D eigenvalue weighted by atomic mass is 16.6. The molecule has 1 aliphatic heterocycles. The molecular formula is C19H19NO6. The van der Waals surface area contributed by atoms with E-state index in [4.69, 9.17) is 14.2 Å². The molecule has 0 unspecified atom stereocenters. The van der Waals surface area contributed by atoms with E-state index in [0.29, 0.717) is 36.0 Å². The Hall–Kier alpha value is -3.22. The maximum Gasteiger partial charge on any atom is 0.337 e. The highest BCUT2D eigenvalue weighted by molar-refractivity contribution is 5.89. The number of amides is 1. The Balaban J connectivity index is 1.41. The van der Waals surface area contributed by atoms with Crippen molar-refractivity contribution in [2.24, 2.45) is 0 Å². The summed E-state index contributed by atoms with van der Waals surface area (Å²) in [4.78, 5) is 23.3. The van der Waals surface area contributed by atoms with Crippen LogP contribution in [0.5, 0.6) is 17.2 Å². The molecule has 0 fully saturated rings. The average molecular weight is 357 g/mol. The number of rotatable bonds is 6. The van der Waals surface area contributed by atoms with Gasteiger partial charge in [0.05, 0.1) is 19.2 Å². The van der Waals surface area contributed by atoms with Crippen molar-refractivity contribution < 1.29 is 28.5 Å². The van der Waals surface area contributed by atoms with Gasteiger partial charge in [0.1, 0.15) is 18.5 Å². The molecule has 0 radical (unpaired) electrons. The second-order valence-electron chi connectivity index (χ2n) is 5.61. The molecule has 0 saturated heterocycles. The van der Waals surface area contributed by atoms with Gasteiger partial charge in [-0.2, -0.15) is 0 Å². The van der Waals surface area contributed by atoms with Gasteiger partial charge >= 0.3 is 5.97 Å². The van der Waals surface area contributed by atoms with Crippen LogP contribution in [-0.2, 0) is 9.53 Å². The quantitative estimate of drug-likeness (QED) is 0.794. The SMILES string of the molecule is COC(=O)c1ccc(OCC(=O)NC[C@H]2COc3ccccc3O2)cc1. The number of benzene rings is 2. The van der Waals surface area contributed by atoms with Crippen LogP contribution in [0.4, 0.5) is 0 Å². The molecule has 3 rings (SSSR count). The molecule has 1 amide bonds. The van der Waals surface area contributed by atoms with Gasteiger partial charge in [-0.3, -0.25) is 4.79 Å². The van der Waals surface area contributed by atoms with E-state index >= 15 is 0 Å². The van der Waals surface area contributed by atoms with Crippen molar-refractivity contribution in [3.05, 3.63) is 54.1 Å². The first kappa shape index (κ1) is 17.6. The summed E-state index contributed by atoms with van der Waals surface area (Å²) < 4.78 is 21.4. The summed E-state index contributed by atoms with van der Waals surface area (Å²) in [6, 6.07) is 13.8. The Labute approximate surface area is 150 Å². The Morgan fingerprint density at radius 3 is 2.58 bits per heavy atom. The van der Waals surface area contributed by atoms with E-state index in [9.17, 15) is 9.59 Å². The van der Waals surface area contributed by atoms with Crippen LogP contribution >= 0.6 is 0 Å². The van der Waals surface area contributed by atoms with Crippen molar-refractivity contribution in [2.75, 3.05) is 26.9 Å². The molecule has 1 heterocycles. The van der Waals surface area contributed by atoms with Gasteiger partial charge in [0.25, 0.3) is 5.91 Å². The third-order valence-electron chi connectivity index (χ3n) is 3.74. The van der Waals surface area contributed by atoms with Crippen molar-refractivity contribution in [2.45, 2.75) is 6.10 Å². The van der Waals surface area contributed by atoms with Gasteiger partial charge in [-0.25, -0.2) is 4.79 Å². The van der Waals surface area contributed by atoms with Crippen LogP contribution in [0.15, 0.2) is 48.5 Å². The first-order chi connectivity index (χ1) is 12.7. The van der Waals surface area contributed by atoms with Gasteiger partial charge in [0, 0.05) is 0 Å². The smallest absolute Gasteiger partial charge is 0.337 e. The molecule has 0 bridgehead atoms. The van der Waals surface area contributed by atoms with Crippen LogP contribution in [0.3, 0.4) is 0 Å². The van der Waals surface area contributed by atoms with Gasteiger partial charge in [-0.15, -0.1) is 0 Å². The maximum atomic E-state index is 11.9. The zero-order chi connectivity index (χ0) is 18.4. The van der Waals surface area contributed by atoms with Gasteiger partial charge < -0.3 is 24.3 Å². The number of ether oxygens (including phenoxy) is 4. The zero-order valence-electron chi connectivity index (χ0n) is 14.3. The fourth-order valence-electron chi connectivity index (χ4n) is 2.40. The van der Waals surface area contributed by atoms with E-state index in [2.05, 4.69) is 10.1 Å². The van der Waals surface area contributed by atoms with E-state index in [-0.39, 0.29) is 18.6 Å². The second-order valence-corrected chi connectivity index (χ2v) is 5.61. The fraction of sp³-hybridized carbons (Fsp3) is 0.263. The van der Waals surface area contributed by atoms with Gasteiger partial charge in [-0.05, 0) is 36.4 Å². The Kier molecular flexibility index (Phi) is 5.58. The molecule has 1 atom stereocenters. The lowest BCUT2D eigenvalue weighted by atomic mass is 10.2. The van der Waals surface area contributed by atoms with Crippen molar-refractivity contribution in [1.29, 1.82) is 0 Å². The van der Waals surface area contributed by atoms with Crippen molar-refractivity contribution >= 4 is 11.9 Å². The second kappa shape index (κ2) is 8.24. The number of hydrogen-bond donors (Lipinski definition) is 1. The monoisotopic (exact) mass is 357 g/mol. The standard InChI is InChI=1S/C19H19NO6/c1-23-19(22)13-6-8-14(9-7-13)24-12-18(21)20-10-15-11-25-16-4-2-3-5-17(16)26-15/h2-9,15H,10-12H2,1H3,(H,20,21)/t15-/m0/s1. The zero-order valence-corrected chi connectivity index (χ0v) is 14.3. The topological polar surface area (TPSA) is 83.1 Å².